The van der Waals surface area contributed by atoms with E-state index in [9.17, 15) is 19.0 Å². The smallest absolute Gasteiger partial charge is 0.331 e. The maximum atomic E-state index is 12.5. The summed E-state index contributed by atoms with van der Waals surface area (Å²) in [5.74, 6) is -1.09. The third-order valence-electron chi connectivity index (χ3n) is 9.24. The Bertz CT molecular complexity index is 1020. The van der Waals surface area contributed by atoms with Gasteiger partial charge in [0.1, 0.15) is 19.8 Å². The standard InChI is InChI=1S/C44H82NO8P/c1-6-8-10-12-14-16-18-20-22-24-26-28-30-32-34-36-43(46)50-40-42(41-52-54(48,49)51-39-38-45(3,4)5)53-44(47)37-35-33-31-29-27-25-23-21-19-17-15-13-11-9-7-2/h12,14,31,33,35,37,42H,6-11,13,15-30,32,34,36,38-41H2,1-5H3/b14-12+,33-31+,37-35+/t42-/m1/s1. The van der Waals surface area contributed by atoms with Crippen LogP contribution in [0.4, 0.5) is 0 Å². The van der Waals surface area contributed by atoms with E-state index in [1.807, 2.05) is 33.3 Å². The number of quaternary nitrogens is 1. The normalized spacial score (nSPS) is 14.0. The van der Waals surface area contributed by atoms with Gasteiger partial charge in [0.25, 0.3) is 7.82 Å². The number of phosphoric acid groups is 1. The predicted molar refractivity (Wildman–Crippen MR) is 222 cm³/mol. The first kappa shape index (κ1) is 52.2. The molecule has 54 heavy (non-hydrogen) atoms. The van der Waals surface area contributed by atoms with E-state index in [0.717, 1.165) is 32.1 Å². The van der Waals surface area contributed by atoms with Crippen molar-refractivity contribution in [2.24, 2.45) is 0 Å². The first-order valence-electron chi connectivity index (χ1n) is 21.7. The molecule has 0 amide bonds. The van der Waals surface area contributed by atoms with Gasteiger partial charge in [0.15, 0.2) is 6.10 Å². The van der Waals surface area contributed by atoms with Crippen LogP contribution in [-0.4, -0.2) is 70.0 Å². The Morgan fingerprint density at radius 2 is 1.09 bits per heavy atom. The number of hydrogen-bond donors (Lipinski definition) is 0. The lowest BCUT2D eigenvalue weighted by Gasteiger charge is -2.28. The van der Waals surface area contributed by atoms with Gasteiger partial charge in [-0.1, -0.05) is 166 Å². The lowest BCUT2D eigenvalue weighted by molar-refractivity contribution is -0.870. The first-order chi connectivity index (χ1) is 26.0. The van der Waals surface area contributed by atoms with E-state index in [1.54, 1.807) is 6.08 Å². The third kappa shape index (κ3) is 39.9. The van der Waals surface area contributed by atoms with E-state index < -0.39 is 32.5 Å². The van der Waals surface area contributed by atoms with Crippen molar-refractivity contribution in [3.05, 3.63) is 36.5 Å². The van der Waals surface area contributed by atoms with Crippen molar-refractivity contribution >= 4 is 19.8 Å². The van der Waals surface area contributed by atoms with Crippen LogP contribution >= 0.6 is 7.82 Å². The summed E-state index contributed by atoms with van der Waals surface area (Å²) in [4.78, 5) is 37.3. The lowest BCUT2D eigenvalue weighted by atomic mass is 10.1. The largest absolute Gasteiger partial charge is 0.756 e. The monoisotopic (exact) mass is 784 g/mol. The van der Waals surface area contributed by atoms with Gasteiger partial charge in [0, 0.05) is 12.5 Å². The SMILES string of the molecule is CCCC/C=C/CCCCCCCCCCCC(=O)OC[C@H](COP(=O)([O-])OCC[N+](C)(C)C)OC(=O)/C=C/C=C/CCCCCCCCCCCCC. The second-order valence-corrected chi connectivity index (χ2v) is 17.2. The molecule has 0 aliphatic rings. The second kappa shape index (κ2) is 36.8. The Kier molecular flexibility index (Phi) is 35.6. The van der Waals surface area contributed by atoms with E-state index in [4.69, 9.17) is 18.5 Å². The summed E-state index contributed by atoms with van der Waals surface area (Å²) in [6.45, 7) is 4.07. The zero-order valence-corrected chi connectivity index (χ0v) is 36.3. The van der Waals surface area contributed by atoms with Gasteiger partial charge in [-0.25, -0.2) is 4.79 Å². The van der Waals surface area contributed by atoms with Gasteiger partial charge in [-0.2, -0.15) is 0 Å². The number of carbonyl (C=O) groups is 2. The number of ether oxygens (including phenoxy) is 2. The van der Waals surface area contributed by atoms with Crippen LogP contribution in [0.5, 0.6) is 0 Å². The maximum Gasteiger partial charge on any atom is 0.331 e. The molecule has 0 fully saturated rings. The van der Waals surface area contributed by atoms with Gasteiger partial charge < -0.3 is 27.9 Å². The fourth-order valence-electron chi connectivity index (χ4n) is 5.78. The van der Waals surface area contributed by atoms with Gasteiger partial charge in [0.2, 0.25) is 0 Å². The maximum absolute atomic E-state index is 12.5. The number of nitrogens with zero attached hydrogens (tertiary/aromatic N) is 1. The number of unbranched alkanes of at least 4 members (excludes halogenated alkanes) is 22. The van der Waals surface area contributed by atoms with Crippen molar-refractivity contribution in [3.63, 3.8) is 0 Å². The van der Waals surface area contributed by atoms with Crippen LogP contribution in [0.1, 0.15) is 181 Å². The Morgan fingerprint density at radius 3 is 1.63 bits per heavy atom. The molecule has 0 aromatic rings. The molecule has 0 bridgehead atoms. The van der Waals surface area contributed by atoms with Crippen LogP contribution in [0.15, 0.2) is 36.5 Å². The van der Waals surface area contributed by atoms with Crippen LogP contribution in [0.25, 0.3) is 0 Å². The molecule has 0 radical (unpaired) electrons. The van der Waals surface area contributed by atoms with Crippen molar-refractivity contribution in [2.45, 2.75) is 187 Å². The average molecular weight is 784 g/mol. The Morgan fingerprint density at radius 1 is 0.611 bits per heavy atom. The highest BCUT2D eigenvalue weighted by Crippen LogP contribution is 2.38. The Balaban J connectivity index is 4.46. The van der Waals surface area contributed by atoms with Crippen molar-refractivity contribution in [2.75, 3.05) is 47.5 Å². The van der Waals surface area contributed by atoms with Crippen LogP contribution in [0.3, 0.4) is 0 Å². The number of allylic oxidation sites excluding steroid dienone is 5. The highest BCUT2D eigenvalue weighted by molar-refractivity contribution is 7.45. The molecule has 0 aromatic heterocycles. The number of carbonyl (C=O) groups excluding carboxylic acids is 2. The summed E-state index contributed by atoms with van der Waals surface area (Å²) in [7, 11) is 1.11. The summed E-state index contributed by atoms with van der Waals surface area (Å²) in [5.41, 5.74) is 0. The summed E-state index contributed by atoms with van der Waals surface area (Å²) in [6.07, 6.45) is 40.9. The quantitative estimate of drug-likeness (QED) is 0.0115. The van der Waals surface area contributed by atoms with E-state index in [2.05, 4.69) is 26.0 Å². The lowest BCUT2D eigenvalue weighted by Crippen LogP contribution is -2.37. The second-order valence-electron chi connectivity index (χ2n) is 15.8. The Labute approximate surface area is 331 Å². The zero-order valence-electron chi connectivity index (χ0n) is 35.4. The molecule has 0 saturated heterocycles. The number of hydrogen-bond acceptors (Lipinski definition) is 8. The van der Waals surface area contributed by atoms with Gasteiger partial charge >= 0.3 is 11.9 Å². The van der Waals surface area contributed by atoms with Crippen molar-refractivity contribution in [1.29, 1.82) is 0 Å². The van der Waals surface area contributed by atoms with E-state index in [1.165, 1.54) is 128 Å². The fourth-order valence-corrected chi connectivity index (χ4v) is 6.51. The molecule has 0 saturated carbocycles. The molecular formula is C44H82NO8P. The molecular weight excluding hydrogens is 701 g/mol. The topological polar surface area (TPSA) is 111 Å². The van der Waals surface area contributed by atoms with Gasteiger partial charge in [-0.15, -0.1) is 0 Å². The molecule has 9 nitrogen and oxygen atoms in total. The van der Waals surface area contributed by atoms with Crippen molar-refractivity contribution < 1.29 is 42.1 Å². The minimum Gasteiger partial charge on any atom is -0.756 e. The highest BCUT2D eigenvalue weighted by atomic mass is 31.2. The summed E-state index contributed by atoms with van der Waals surface area (Å²) >= 11 is 0. The van der Waals surface area contributed by atoms with Crippen LogP contribution in [-0.2, 0) is 32.7 Å². The van der Waals surface area contributed by atoms with E-state index in [0.29, 0.717) is 17.4 Å². The summed E-state index contributed by atoms with van der Waals surface area (Å²) in [5, 5.41) is 0. The zero-order chi connectivity index (χ0) is 40.0. The molecule has 10 heteroatoms. The highest BCUT2D eigenvalue weighted by Gasteiger charge is 2.21. The number of rotatable bonds is 39. The minimum absolute atomic E-state index is 0.0466. The molecule has 1 unspecified atom stereocenters. The van der Waals surface area contributed by atoms with Gasteiger partial charge in [-0.3, -0.25) is 9.36 Å². The molecule has 0 heterocycles. The number of likely N-dealkylation sites (N-methyl/N-ethyl adjacent to an activating group) is 1. The minimum atomic E-state index is -4.65. The third-order valence-corrected chi connectivity index (χ3v) is 10.2. The predicted octanol–water partition coefficient (Wildman–Crippen LogP) is 11.5. The van der Waals surface area contributed by atoms with Crippen LogP contribution in [0, 0.1) is 0 Å². The van der Waals surface area contributed by atoms with E-state index in [-0.39, 0.29) is 19.6 Å². The molecule has 2 atom stereocenters. The Hall–Kier alpha value is -1.77. The van der Waals surface area contributed by atoms with Crippen LogP contribution in [0.2, 0.25) is 0 Å². The molecule has 0 rings (SSSR count). The van der Waals surface area contributed by atoms with E-state index >= 15 is 0 Å². The summed E-state index contributed by atoms with van der Waals surface area (Å²) in [6, 6.07) is 0. The molecule has 0 aliphatic carbocycles. The summed E-state index contributed by atoms with van der Waals surface area (Å²) < 4.78 is 33.7. The van der Waals surface area contributed by atoms with Crippen LogP contribution < -0.4 is 4.89 Å². The molecule has 0 aliphatic heterocycles. The fraction of sp³-hybridized carbons (Fsp3) is 0.818. The van der Waals surface area contributed by atoms with Crippen molar-refractivity contribution in [1.82, 2.24) is 0 Å². The molecule has 316 valence electrons. The molecule has 0 N–H and O–H groups in total. The first-order valence-corrected chi connectivity index (χ1v) is 23.2. The average Bonchev–Trinajstić information content (AvgIpc) is 3.12. The van der Waals surface area contributed by atoms with Crippen molar-refractivity contribution in [3.8, 4) is 0 Å². The molecule has 0 spiro atoms. The molecule has 0 aromatic carbocycles. The van der Waals surface area contributed by atoms with Gasteiger partial charge in [-0.05, 0) is 38.5 Å². The van der Waals surface area contributed by atoms with Gasteiger partial charge in [0.05, 0.1) is 27.7 Å². The number of esters is 2. The number of phosphoric ester groups is 1.